The van der Waals surface area contributed by atoms with Crippen LogP contribution >= 0.6 is 0 Å². The van der Waals surface area contributed by atoms with E-state index >= 15 is 0 Å². The van der Waals surface area contributed by atoms with Crippen LogP contribution in [0, 0.1) is 0 Å². The third-order valence-electron chi connectivity index (χ3n) is 2.35. The molecule has 20 heavy (non-hydrogen) atoms. The maximum atomic E-state index is 12.7. The van der Waals surface area contributed by atoms with Gasteiger partial charge < -0.3 is 10.4 Å². The number of nitrogens with zero attached hydrogens (tertiary/aromatic N) is 2. The van der Waals surface area contributed by atoms with Crippen molar-refractivity contribution in [2.24, 2.45) is 0 Å². The fourth-order valence-corrected chi connectivity index (χ4v) is 1.47. The molecule has 8 heteroatoms. The molecule has 2 heterocycles. The van der Waals surface area contributed by atoms with Gasteiger partial charge in [0.25, 0.3) is 5.91 Å². The Labute approximate surface area is 111 Å². The molecule has 0 bridgehead atoms. The highest BCUT2D eigenvalue weighted by atomic mass is 19.4. The SMILES string of the molecule is O=C(Nc1ncccc1O)c1ncccc1C(F)(F)F. The van der Waals surface area contributed by atoms with Crippen LogP contribution in [0.4, 0.5) is 19.0 Å². The highest BCUT2D eigenvalue weighted by molar-refractivity contribution is 6.04. The number of aromatic nitrogens is 2. The molecule has 2 aromatic rings. The summed E-state index contributed by atoms with van der Waals surface area (Å²) >= 11 is 0. The summed E-state index contributed by atoms with van der Waals surface area (Å²) in [7, 11) is 0. The first-order valence-corrected chi connectivity index (χ1v) is 5.37. The fraction of sp³-hybridized carbons (Fsp3) is 0.0833. The van der Waals surface area contributed by atoms with E-state index in [9.17, 15) is 23.1 Å². The van der Waals surface area contributed by atoms with Crippen molar-refractivity contribution in [1.29, 1.82) is 0 Å². The quantitative estimate of drug-likeness (QED) is 0.887. The highest BCUT2D eigenvalue weighted by Gasteiger charge is 2.36. The van der Waals surface area contributed by atoms with Crippen molar-refractivity contribution in [1.82, 2.24) is 9.97 Å². The van der Waals surface area contributed by atoms with Gasteiger partial charge in [-0.3, -0.25) is 9.78 Å². The van der Waals surface area contributed by atoms with Gasteiger partial charge in [0.15, 0.2) is 11.6 Å². The molecule has 0 aliphatic heterocycles. The number of halogens is 3. The number of pyridine rings is 2. The number of rotatable bonds is 2. The predicted molar refractivity (Wildman–Crippen MR) is 63.1 cm³/mol. The van der Waals surface area contributed by atoms with Crippen LogP contribution < -0.4 is 5.32 Å². The number of nitrogens with one attached hydrogen (secondary N) is 1. The highest BCUT2D eigenvalue weighted by Crippen LogP contribution is 2.31. The Kier molecular flexibility index (Phi) is 3.55. The second kappa shape index (κ2) is 5.16. The molecule has 0 atom stereocenters. The zero-order chi connectivity index (χ0) is 14.8. The molecule has 0 aromatic carbocycles. The third kappa shape index (κ3) is 2.85. The summed E-state index contributed by atoms with van der Waals surface area (Å²) in [5.74, 6) is -1.70. The smallest absolute Gasteiger partial charge is 0.418 e. The van der Waals surface area contributed by atoms with Crippen LogP contribution in [0.15, 0.2) is 36.7 Å². The first-order valence-electron chi connectivity index (χ1n) is 5.37. The number of hydrogen-bond acceptors (Lipinski definition) is 4. The fourth-order valence-electron chi connectivity index (χ4n) is 1.47. The van der Waals surface area contributed by atoms with E-state index in [4.69, 9.17) is 0 Å². The van der Waals surface area contributed by atoms with E-state index in [1.807, 2.05) is 0 Å². The van der Waals surface area contributed by atoms with Crippen LogP contribution in [0.25, 0.3) is 0 Å². The molecule has 5 nitrogen and oxygen atoms in total. The Morgan fingerprint density at radius 1 is 1.15 bits per heavy atom. The van der Waals surface area contributed by atoms with Crippen molar-refractivity contribution < 1.29 is 23.1 Å². The monoisotopic (exact) mass is 283 g/mol. The molecular weight excluding hydrogens is 275 g/mol. The van der Waals surface area contributed by atoms with E-state index in [0.717, 1.165) is 18.3 Å². The molecule has 2 N–H and O–H groups in total. The lowest BCUT2D eigenvalue weighted by atomic mass is 10.1. The molecule has 0 radical (unpaired) electrons. The Bertz CT molecular complexity index is 644. The lowest BCUT2D eigenvalue weighted by Crippen LogP contribution is -2.20. The van der Waals surface area contributed by atoms with Gasteiger partial charge in [-0.05, 0) is 24.3 Å². The van der Waals surface area contributed by atoms with Gasteiger partial charge in [0.05, 0.1) is 5.56 Å². The molecule has 1 amide bonds. The van der Waals surface area contributed by atoms with Gasteiger partial charge >= 0.3 is 6.18 Å². The molecule has 0 unspecified atom stereocenters. The van der Waals surface area contributed by atoms with Gasteiger partial charge in [0.2, 0.25) is 0 Å². The summed E-state index contributed by atoms with van der Waals surface area (Å²) in [5.41, 5.74) is -1.95. The number of hydrogen-bond donors (Lipinski definition) is 2. The lowest BCUT2D eigenvalue weighted by molar-refractivity contribution is -0.138. The zero-order valence-electron chi connectivity index (χ0n) is 9.85. The largest absolute Gasteiger partial charge is 0.504 e. The van der Waals surface area contributed by atoms with Crippen LogP contribution in [0.3, 0.4) is 0 Å². The van der Waals surface area contributed by atoms with Gasteiger partial charge in [0.1, 0.15) is 5.69 Å². The summed E-state index contributed by atoms with van der Waals surface area (Å²) in [6.45, 7) is 0. The summed E-state index contributed by atoms with van der Waals surface area (Å²) in [5, 5.41) is 11.5. The number of amides is 1. The second-order valence-electron chi connectivity index (χ2n) is 3.72. The van der Waals surface area contributed by atoms with E-state index in [0.29, 0.717) is 0 Å². The molecule has 2 rings (SSSR count). The van der Waals surface area contributed by atoms with Crippen molar-refractivity contribution in [3.05, 3.63) is 47.9 Å². The van der Waals surface area contributed by atoms with Crippen LogP contribution in [-0.4, -0.2) is 21.0 Å². The molecule has 2 aromatic heterocycles. The summed E-state index contributed by atoms with van der Waals surface area (Å²) in [6.07, 6.45) is -2.35. The van der Waals surface area contributed by atoms with Crippen molar-refractivity contribution >= 4 is 11.7 Å². The topological polar surface area (TPSA) is 75.1 Å². The van der Waals surface area contributed by atoms with Crippen molar-refractivity contribution in [2.75, 3.05) is 5.32 Å². The van der Waals surface area contributed by atoms with Crippen molar-refractivity contribution in [2.45, 2.75) is 6.18 Å². The van der Waals surface area contributed by atoms with E-state index < -0.39 is 23.3 Å². The molecule has 0 fully saturated rings. The lowest BCUT2D eigenvalue weighted by Gasteiger charge is -2.11. The van der Waals surface area contributed by atoms with Crippen molar-refractivity contribution in [3.63, 3.8) is 0 Å². The maximum absolute atomic E-state index is 12.7. The number of anilines is 1. The minimum absolute atomic E-state index is 0.240. The number of carbonyl (C=O) groups excluding carboxylic acids is 1. The predicted octanol–water partition coefficient (Wildman–Crippen LogP) is 2.45. The maximum Gasteiger partial charge on any atom is 0.418 e. The molecule has 0 saturated carbocycles. The molecular formula is C12H8F3N3O2. The average molecular weight is 283 g/mol. The summed E-state index contributed by atoms with van der Waals surface area (Å²) < 4.78 is 38.2. The van der Waals surface area contributed by atoms with E-state index in [2.05, 4.69) is 15.3 Å². The normalized spacial score (nSPS) is 11.2. The average Bonchev–Trinajstić information content (AvgIpc) is 2.40. The van der Waals surface area contributed by atoms with Crippen molar-refractivity contribution in [3.8, 4) is 5.75 Å². The Balaban J connectivity index is 2.34. The molecule has 0 spiro atoms. The van der Waals surface area contributed by atoms with Gasteiger partial charge in [-0.2, -0.15) is 13.2 Å². The van der Waals surface area contributed by atoms with Crippen LogP contribution in [0.5, 0.6) is 5.75 Å². The minimum atomic E-state index is -4.70. The standard InChI is InChI=1S/C12H8F3N3O2/c13-12(14,15)7-3-1-5-16-9(7)11(20)18-10-8(19)4-2-6-17-10/h1-6,19H,(H,17,18,20). The molecule has 0 aliphatic rings. The van der Waals surface area contributed by atoms with E-state index in [-0.39, 0.29) is 11.6 Å². The first-order chi connectivity index (χ1) is 9.39. The Morgan fingerprint density at radius 2 is 1.80 bits per heavy atom. The zero-order valence-corrected chi connectivity index (χ0v) is 9.85. The minimum Gasteiger partial charge on any atom is -0.504 e. The van der Waals surface area contributed by atoms with Gasteiger partial charge in [-0.25, -0.2) is 4.98 Å². The van der Waals surface area contributed by atoms with Crippen LogP contribution in [0.2, 0.25) is 0 Å². The molecule has 104 valence electrons. The summed E-state index contributed by atoms with van der Waals surface area (Å²) in [6, 6.07) is 4.48. The number of aromatic hydroxyl groups is 1. The molecule has 0 aliphatic carbocycles. The van der Waals surface area contributed by atoms with Crippen LogP contribution in [0.1, 0.15) is 16.1 Å². The van der Waals surface area contributed by atoms with Gasteiger partial charge in [0, 0.05) is 12.4 Å². The van der Waals surface area contributed by atoms with Gasteiger partial charge in [-0.15, -0.1) is 0 Å². The number of alkyl halides is 3. The number of carbonyl (C=O) groups is 1. The Morgan fingerprint density at radius 3 is 2.45 bits per heavy atom. The third-order valence-corrected chi connectivity index (χ3v) is 2.35. The Hall–Kier alpha value is -2.64. The van der Waals surface area contributed by atoms with E-state index in [1.54, 1.807) is 0 Å². The van der Waals surface area contributed by atoms with E-state index in [1.165, 1.54) is 18.3 Å². The second-order valence-corrected chi connectivity index (χ2v) is 3.72. The van der Waals surface area contributed by atoms with Gasteiger partial charge in [-0.1, -0.05) is 0 Å². The first kappa shape index (κ1) is 13.8. The molecule has 0 saturated heterocycles. The summed E-state index contributed by atoms with van der Waals surface area (Å²) in [4.78, 5) is 18.9. The van der Waals surface area contributed by atoms with Crippen LogP contribution in [-0.2, 0) is 6.18 Å².